The molecule has 1 aliphatic heterocycles. The maximum atomic E-state index is 3.46. The lowest BCUT2D eigenvalue weighted by Gasteiger charge is -2.07. The molecule has 64 valence electrons. The first-order valence-corrected chi connectivity index (χ1v) is 4.65. The van der Waals surface area contributed by atoms with Gasteiger partial charge in [-0.15, -0.1) is 0 Å². The maximum Gasteiger partial charge on any atom is -0.00202 e. The molecule has 11 heavy (non-hydrogen) atoms. The van der Waals surface area contributed by atoms with E-state index in [-0.39, 0.29) is 0 Å². The third kappa shape index (κ3) is 3.57. The Morgan fingerprint density at radius 2 is 2.36 bits per heavy atom. The Morgan fingerprint density at radius 1 is 1.55 bits per heavy atom. The summed E-state index contributed by atoms with van der Waals surface area (Å²) in [6.45, 7) is 6.93. The van der Waals surface area contributed by atoms with Crippen LogP contribution in [0.1, 0.15) is 33.1 Å². The average Bonchev–Trinajstić information content (AvgIpc) is 2.06. The molecule has 0 aromatic rings. The van der Waals surface area contributed by atoms with Gasteiger partial charge < -0.3 is 5.32 Å². The lowest BCUT2D eigenvalue weighted by atomic mass is 10.1. The van der Waals surface area contributed by atoms with Gasteiger partial charge in [0, 0.05) is 0 Å². The molecule has 1 nitrogen and oxygen atoms in total. The van der Waals surface area contributed by atoms with Crippen molar-refractivity contribution in [3.63, 3.8) is 0 Å². The van der Waals surface area contributed by atoms with Crippen LogP contribution < -0.4 is 5.32 Å². The Hall–Kier alpha value is -0.300. The molecule has 1 heterocycles. The molecular weight excluding hydrogens is 134 g/mol. The second-order valence-electron chi connectivity index (χ2n) is 3.70. The molecule has 1 unspecified atom stereocenters. The van der Waals surface area contributed by atoms with Crippen molar-refractivity contribution in [3.8, 4) is 0 Å². The summed E-state index contributed by atoms with van der Waals surface area (Å²) in [5.74, 6) is 0.808. The van der Waals surface area contributed by atoms with Gasteiger partial charge in [0.05, 0.1) is 0 Å². The minimum Gasteiger partial charge on any atom is -0.316 e. The molecular formula is C10H19N. The molecule has 0 bridgehead atoms. The van der Waals surface area contributed by atoms with Gasteiger partial charge in [-0.3, -0.25) is 0 Å². The van der Waals surface area contributed by atoms with Crippen LogP contribution in [0.25, 0.3) is 0 Å². The van der Waals surface area contributed by atoms with E-state index in [1.807, 2.05) is 0 Å². The van der Waals surface area contributed by atoms with E-state index in [4.69, 9.17) is 0 Å². The van der Waals surface area contributed by atoms with Crippen molar-refractivity contribution >= 4 is 0 Å². The molecule has 1 heteroatoms. The van der Waals surface area contributed by atoms with Gasteiger partial charge in [0.1, 0.15) is 0 Å². The molecule has 1 rings (SSSR count). The predicted molar refractivity (Wildman–Crippen MR) is 49.6 cm³/mol. The third-order valence-electron chi connectivity index (χ3n) is 2.29. The summed E-state index contributed by atoms with van der Waals surface area (Å²) in [4.78, 5) is 0. The largest absolute Gasteiger partial charge is 0.316 e. The van der Waals surface area contributed by atoms with E-state index in [1.165, 1.54) is 32.4 Å². The highest BCUT2D eigenvalue weighted by molar-refractivity contribution is 4.99. The smallest absolute Gasteiger partial charge is 0.00202 e. The fourth-order valence-electron chi connectivity index (χ4n) is 1.43. The summed E-state index contributed by atoms with van der Waals surface area (Å²) in [5, 5.41) is 3.46. The Kier molecular flexibility index (Phi) is 3.64. The first kappa shape index (κ1) is 8.79. The molecule has 0 aromatic heterocycles. The van der Waals surface area contributed by atoms with Crippen LogP contribution in [0.15, 0.2) is 11.6 Å². The standard InChI is InChI=1S/C10H19N/c1-9-4-3-7-11-8-10(2)6-5-9/h5,10-11H,3-4,6-8H2,1-2H3/b9-5-. The Labute approximate surface area is 69.9 Å². The highest BCUT2D eigenvalue weighted by Crippen LogP contribution is 2.10. The van der Waals surface area contributed by atoms with Gasteiger partial charge in [-0.05, 0) is 45.2 Å². The minimum atomic E-state index is 0.808. The molecule has 0 amide bonds. The van der Waals surface area contributed by atoms with Crippen LogP contribution in [-0.4, -0.2) is 13.1 Å². The monoisotopic (exact) mass is 153 g/mol. The number of hydrogen-bond donors (Lipinski definition) is 1. The lowest BCUT2D eigenvalue weighted by molar-refractivity contribution is 0.520. The second-order valence-corrected chi connectivity index (χ2v) is 3.70. The van der Waals surface area contributed by atoms with Gasteiger partial charge in [0.15, 0.2) is 0 Å². The van der Waals surface area contributed by atoms with Crippen LogP contribution in [0, 0.1) is 5.92 Å². The fraction of sp³-hybridized carbons (Fsp3) is 0.800. The van der Waals surface area contributed by atoms with Crippen LogP contribution in [0.4, 0.5) is 0 Å². The van der Waals surface area contributed by atoms with Crippen molar-refractivity contribution in [1.29, 1.82) is 0 Å². The third-order valence-corrected chi connectivity index (χ3v) is 2.29. The highest BCUT2D eigenvalue weighted by Gasteiger charge is 2.02. The van der Waals surface area contributed by atoms with Gasteiger partial charge >= 0.3 is 0 Å². The van der Waals surface area contributed by atoms with E-state index in [1.54, 1.807) is 5.57 Å². The normalized spacial score (nSPS) is 32.9. The molecule has 1 aliphatic rings. The van der Waals surface area contributed by atoms with Gasteiger partial charge in [-0.25, -0.2) is 0 Å². The quantitative estimate of drug-likeness (QED) is 0.527. The van der Waals surface area contributed by atoms with E-state index in [9.17, 15) is 0 Å². The molecule has 0 saturated heterocycles. The van der Waals surface area contributed by atoms with E-state index < -0.39 is 0 Å². The van der Waals surface area contributed by atoms with Crippen molar-refractivity contribution in [1.82, 2.24) is 5.32 Å². The van der Waals surface area contributed by atoms with Gasteiger partial charge in [0.2, 0.25) is 0 Å². The summed E-state index contributed by atoms with van der Waals surface area (Å²) in [5.41, 5.74) is 1.57. The van der Waals surface area contributed by atoms with Crippen LogP contribution >= 0.6 is 0 Å². The predicted octanol–water partition coefficient (Wildman–Crippen LogP) is 2.34. The second kappa shape index (κ2) is 4.55. The molecule has 0 spiro atoms. The van der Waals surface area contributed by atoms with E-state index in [0.29, 0.717) is 0 Å². The van der Waals surface area contributed by atoms with Gasteiger partial charge in [0.25, 0.3) is 0 Å². The summed E-state index contributed by atoms with van der Waals surface area (Å²) in [7, 11) is 0. The lowest BCUT2D eigenvalue weighted by Crippen LogP contribution is -2.21. The first-order chi connectivity index (χ1) is 5.29. The SMILES string of the molecule is C/C1=C/CC(C)CNCCC1. The zero-order chi connectivity index (χ0) is 8.10. The van der Waals surface area contributed by atoms with Crippen LogP contribution in [0.3, 0.4) is 0 Å². The Morgan fingerprint density at radius 3 is 3.18 bits per heavy atom. The van der Waals surface area contributed by atoms with Crippen molar-refractivity contribution in [2.24, 2.45) is 5.92 Å². The molecule has 0 saturated carbocycles. The van der Waals surface area contributed by atoms with Crippen LogP contribution in [0.5, 0.6) is 0 Å². The van der Waals surface area contributed by atoms with Crippen LogP contribution in [0.2, 0.25) is 0 Å². The highest BCUT2D eigenvalue weighted by atomic mass is 14.8. The van der Waals surface area contributed by atoms with Gasteiger partial charge in [-0.1, -0.05) is 18.6 Å². The van der Waals surface area contributed by atoms with E-state index >= 15 is 0 Å². The molecule has 0 aromatic carbocycles. The van der Waals surface area contributed by atoms with E-state index in [0.717, 1.165) is 5.92 Å². The Balaban J connectivity index is 2.40. The zero-order valence-electron chi connectivity index (χ0n) is 7.69. The minimum absolute atomic E-state index is 0.808. The number of rotatable bonds is 0. The molecule has 0 fully saturated rings. The maximum absolute atomic E-state index is 3.46. The average molecular weight is 153 g/mol. The van der Waals surface area contributed by atoms with Crippen molar-refractivity contribution in [3.05, 3.63) is 11.6 Å². The fourth-order valence-corrected chi connectivity index (χ4v) is 1.43. The molecule has 0 radical (unpaired) electrons. The first-order valence-electron chi connectivity index (χ1n) is 4.65. The van der Waals surface area contributed by atoms with Crippen molar-refractivity contribution < 1.29 is 0 Å². The van der Waals surface area contributed by atoms with Crippen molar-refractivity contribution in [2.45, 2.75) is 33.1 Å². The molecule has 1 atom stereocenters. The van der Waals surface area contributed by atoms with Crippen LogP contribution in [-0.2, 0) is 0 Å². The van der Waals surface area contributed by atoms with Gasteiger partial charge in [-0.2, -0.15) is 0 Å². The number of allylic oxidation sites excluding steroid dienone is 2. The topological polar surface area (TPSA) is 12.0 Å². The summed E-state index contributed by atoms with van der Waals surface area (Å²) < 4.78 is 0. The Bertz CT molecular complexity index is 138. The molecule has 1 N–H and O–H groups in total. The zero-order valence-corrected chi connectivity index (χ0v) is 7.69. The van der Waals surface area contributed by atoms with E-state index in [2.05, 4.69) is 25.2 Å². The summed E-state index contributed by atoms with van der Waals surface area (Å²) in [6.07, 6.45) is 6.23. The number of nitrogens with one attached hydrogen (secondary N) is 1. The molecule has 0 aliphatic carbocycles. The summed E-state index contributed by atoms with van der Waals surface area (Å²) >= 11 is 0. The summed E-state index contributed by atoms with van der Waals surface area (Å²) in [6, 6.07) is 0. The van der Waals surface area contributed by atoms with Crippen molar-refractivity contribution in [2.75, 3.05) is 13.1 Å². The number of hydrogen-bond acceptors (Lipinski definition) is 1.